The van der Waals surface area contributed by atoms with Crippen molar-refractivity contribution in [1.82, 2.24) is 24.9 Å². The summed E-state index contributed by atoms with van der Waals surface area (Å²) in [5, 5.41) is 7.31. The second kappa shape index (κ2) is 9.51. The molecular weight excluding hydrogens is 406 g/mol. The molecule has 2 saturated carbocycles. The number of hydrogen-bond donors (Lipinski definition) is 1. The van der Waals surface area contributed by atoms with Gasteiger partial charge in [0, 0.05) is 76.1 Å². The maximum atomic E-state index is 12.9. The molecule has 32 heavy (non-hydrogen) atoms. The average Bonchev–Trinajstić information content (AvgIpc) is 3.77. The van der Waals surface area contributed by atoms with Gasteiger partial charge in [0.05, 0.1) is 0 Å². The molecule has 176 valence electrons. The van der Waals surface area contributed by atoms with Crippen molar-refractivity contribution in [1.29, 1.82) is 0 Å². The van der Waals surface area contributed by atoms with E-state index in [1.165, 1.54) is 12.8 Å². The summed E-state index contributed by atoms with van der Waals surface area (Å²) in [4.78, 5) is 32.1. The van der Waals surface area contributed by atoms with Crippen LogP contribution in [0.4, 0.5) is 0 Å². The third-order valence-electron chi connectivity index (χ3n) is 7.64. The molecule has 2 amide bonds. The van der Waals surface area contributed by atoms with Gasteiger partial charge in [-0.25, -0.2) is 0 Å². The Morgan fingerprint density at radius 3 is 2.59 bits per heavy atom. The topological polar surface area (TPSA) is 81.8 Å². The molecule has 1 N–H and O–H groups in total. The molecule has 3 heterocycles. The van der Waals surface area contributed by atoms with Crippen molar-refractivity contribution in [2.75, 3.05) is 46.4 Å². The van der Waals surface area contributed by atoms with Gasteiger partial charge in [0.1, 0.15) is 5.69 Å². The van der Waals surface area contributed by atoms with Gasteiger partial charge < -0.3 is 14.5 Å². The first-order chi connectivity index (χ1) is 15.6. The highest BCUT2D eigenvalue weighted by molar-refractivity contribution is 5.92. The zero-order valence-corrected chi connectivity index (χ0v) is 19.3. The predicted octanol–water partition coefficient (Wildman–Crippen LogP) is 2.24. The standard InChI is InChI=1S/C24H37N5O3/c1-27(24(31)22-15-21(25-26-22)17-4-5-17)11-12-29(19-8-13-32-14-9-19)20-3-2-10-28(16-20)23(30)18-6-7-18/h15,17-20H,2-14,16H2,1H3,(H,25,26). The number of likely N-dealkylation sites (tertiary alicyclic amines) is 1. The Morgan fingerprint density at radius 1 is 1.09 bits per heavy atom. The van der Waals surface area contributed by atoms with Crippen molar-refractivity contribution >= 4 is 11.8 Å². The minimum absolute atomic E-state index is 0.0192. The van der Waals surface area contributed by atoms with Crippen LogP contribution in [0, 0.1) is 5.92 Å². The summed E-state index contributed by atoms with van der Waals surface area (Å²) in [5.74, 6) is 1.18. The number of nitrogens with one attached hydrogen (secondary N) is 1. The van der Waals surface area contributed by atoms with Crippen LogP contribution in [0.3, 0.4) is 0 Å². The molecule has 2 aliphatic heterocycles. The number of ether oxygens (including phenoxy) is 1. The van der Waals surface area contributed by atoms with Crippen LogP contribution in [0.15, 0.2) is 6.07 Å². The number of nitrogens with zero attached hydrogens (tertiary/aromatic N) is 4. The van der Waals surface area contributed by atoms with Gasteiger partial charge in [-0.1, -0.05) is 0 Å². The van der Waals surface area contributed by atoms with E-state index in [1.54, 1.807) is 4.90 Å². The van der Waals surface area contributed by atoms with Gasteiger partial charge in [-0.15, -0.1) is 0 Å². The monoisotopic (exact) mass is 443 g/mol. The molecule has 1 aromatic heterocycles. The smallest absolute Gasteiger partial charge is 0.274 e. The van der Waals surface area contributed by atoms with Gasteiger partial charge in [0.2, 0.25) is 5.91 Å². The van der Waals surface area contributed by atoms with Crippen LogP contribution >= 0.6 is 0 Å². The Labute approximate surface area is 190 Å². The van der Waals surface area contributed by atoms with Crippen LogP contribution < -0.4 is 0 Å². The third-order valence-corrected chi connectivity index (χ3v) is 7.64. The normalized spacial score (nSPS) is 24.7. The molecule has 0 aromatic carbocycles. The largest absolute Gasteiger partial charge is 0.381 e. The van der Waals surface area contributed by atoms with E-state index in [1.807, 2.05) is 13.1 Å². The Bertz CT molecular complexity index is 812. The van der Waals surface area contributed by atoms with E-state index in [2.05, 4.69) is 20.0 Å². The van der Waals surface area contributed by atoms with Gasteiger partial charge in [-0.2, -0.15) is 5.10 Å². The van der Waals surface area contributed by atoms with E-state index in [9.17, 15) is 9.59 Å². The first kappa shape index (κ1) is 21.9. The van der Waals surface area contributed by atoms with Crippen LogP contribution in [0.25, 0.3) is 0 Å². The van der Waals surface area contributed by atoms with Crippen LogP contribution in [-0.4, -0.2) is 95.2 Å². The molecule has 2 aliphatic carbocycles. The summed E-state index contributed by atoms with van der Waals surface area (Å²) in [6.07, 6.45) is 8.73. The highest BCUT2D eigenvalue weighted by Crippen LogP contribution is 2.39. The lowest BCUT2D eigenvalue weighted by Crippen LogP contribution is -2.55. The number of aromatic nitrogens is 2. The average molecular weight is 444 g/mol. The number of piperidine rings is 1. The molecule has 1 unspecified atom stereocenters. The fraction of sp³-hybridized carbons (Fsp3) is 0.792. The van der Waals surface area contributed by atoms with Crippen LogP contribution in [0.2, 0.25) is 0 Å². The zero-order valence-electron chi connectivity index (χ0n) is 19.3. The number of rotatable bonds is 8. The van der Waals surface area contributed by atoms with Crippen molar-refractivity contribution in [3.8, 4) is 0 Å². The molecular formula is C24H37N5O3. The minimum Gasteiger partial charge on any atom is -0.381 e. The minimum atomic E-state index is -0.0192. The van der Waals surface area contributed by atoms with Crippen LogP contribution in [0.1, 0.15) is 73.5 Å². The number of amides is 2. The summed E-state index contributed by atoms with van der Waals surface area (Å²) in [5.41, 5.74) is 1.61. The Balaban J connectivity index is 1.22. The van der Waals surface area contributed by atoms with E-state index in [4.69, 9.17) is 4.74 Å². The maximum absolute atomic E-state index is 12.9. The summed E-state index contributed by atoms with van der Waals surface area (Å²) >= 11 is 0. The fourth-order valence-electron chi connectivity index (χ4n) is 5.31. The summed E-state index contributed by atoms with van der Waals surface area (Å²) < 4.78 is 5.62. The quantitative estimate of drug-likeness (QED) is 0.666. The van der Waals surface area contributed by atoms with Gasteiger partial charge in [-0.3, -0.25) is 19.6 Å². The maximum Gasteiger partial charge on any atom is 0.274 e. The van der Waals surface area contributed by atoms with Crippen molar-refractivity contribution in [3.63, 3.8) is 0 Å². The number of H-pyrrole nitrogens is 1. The number of likely N-dealkylation sites (N-methyl/N-ethyl adjacent to an activating group) is 1. The van der Waals surface area contributed by atoms with Crippen molar-refractivity contribution in [2.24, 2.45) is 5.92 Å². The summed E-state index contributed by atoms with van der Waals surface area (Å²) in [7, 11) is 1.87. The fourth-order valence-corrected chi connectivity index (χ4v) is 5.31. The van der Waals surface area contributed by atoms with Crippen molar-refractivity contribution < 1.29 is 14.3 Å². The lowest BCUT2D eigenvalue weighted by atomic mass is 9.98. The van der Waals surface area contributed by atoms with Crippen LogP contribution in [-0.2, 0) is 9.53 Å². The van der Waals surface area contributed by atoms with Crippen LogP contribution in [0.5, 0.6) is 0 Å². The second-order valence-electron chi connectivity index (χ2n) is 10.1. The van der Waals surface area contributed by atoms with Gasteiger partial charge in [0.15, 0.2) is 0 Å². The number of hydrogen-bond acceptors (Lipinski definition) is 5. The first-order valence-electron chi connectivity index (χ1n) is 12.5. The van der Waals surface area contributed by atoms with E-state index in [0.717, 1.165) is 77.1 Å². The molecule has 5 rings (SSSR count). The molecule has 8 heteroatoms. The van der Waals surface area contributed by atoms with Gasteiger partial charge >= 0.3 is 0 Å². The van der Waals surface area contributed by atoms with Crippen molar-refractivity contribution in [2.45, 2.75) is 69.4 Å². The first-order valence-corrected chi connectivity index (χ1v) is 12.5. The molecule has 0 radical (unpaired) electrons. The van der Waals surface area contributed by atoms with E-state index in [-0.39, 0.29) is 11.8 Å². The van der Waals surface area contributed by atoms with E-state index < -0.39 is 0 Å². The summed E-state index contributed by atoms with van der Waals surface area (Å²) in [6, 6.07) is 2.75. The second-order valence-corrected chi connectivity index (χ2v) is 10.1. The highest BCUT2D eigenvalue weighted by atomic mass is 16.5. The number of aromatic amines is 1. The molecule has 2 saturated heterocycles. The number of carbonyl (C=O) groups excluding carboxylic acids is 2. The Kier molecular flexibility index (Phi) is 6.51. The molecule has 0 bridgehead atoms. The predicted molar refractivity (Wildman–Crippen MR) is 120 cm³/mol. The molecule has 0 spiro atoms. The lowest BCUT2D eigenvalue weighted by Gasteiger charge is -2.44. The highest BCUT2D eigenvalue weighted by Gasteiger charge is 2.38. The van der Waals surface area contributed by atoms with Gasteiger partial charge in [-0.05, 0) is 57.4 Å². The molecule has 8 nitrogen and oxygen atoms in total. The Hall–Kier alpha value is -1.93. The Morgan fingerprint density at radius 2 is 1.88 bits per heavy atom. The van der Waals surface area contributed by atoms with Crippen molar-refractivity contribution in [3.05, 3.63) is 17.5 Å². The lowest BCUT2D eigenvalue weighted by molar-refractivity contribution is -0.135. The molecule has 1 aromatic rings. The number of carbonyl (C=O) groups is 2. The zero-order chi connectivity index (χ0) is 22.1. The SMILES string of the molecule is CN(CCN(C1CCOCC1)C1CCCN(C(=O)C2CC2)C1)C(=O)c1cc(C2CC2)[nH]n1. The summed E-state index contributed by atoms with van der Waals surface area (Å²) in [6.45, 7) is 4.80. The molecule has 1 atom stereocenters. The molecule has 4 aliphatic rings. The van der Waals surface area contributed by atoms with E-state index in [0.29, 0.717) is 36.1 Å². The van der Waals surface area contributed by atoms with E-state index >= 15 is 0 Å². The molecule has 4 fully saturated rings. The third kappa shape index (κ3) is 5.01. The van der Waals surface area contributed by atoms with Gasteiger partial charge in [0.25, 0.3) is 5.91 Å².